The number of thiophene rings is 1. The van der Waals surface area contributed by atoms with E-state index in [2.05, 4.69) is 231 Å². The smallest absolute Gasteiger partial charge is 0.0713 e. The predicted molar refractivity (Wildman–Crippen MR) is 254 cm³/mol. The Balaban J connectivity index is 1.09. The molecule has 0 spiro atoms. The minimum atomic E-state index is -0.496. The van der Waals surface area contributed by atoms with Crippen LogP contribution in [0.25, 0.3) is 53.6 Å². The monoisotopic (exact) mass is 783 g/mol. The average Bonchev–Trinajstić information content (AvgIpc) is 3.90. The van der Waals surface area contributed by atoms with Crippen molar-refractivity contribution in [3.05, 3.63) is 246 Å². The summed E-state index contributed by atoms with van der Waals surface area (Å²) in [5, 5.41) is 2.60. The summed E-state index contributed by atoms with van der Waals surface area (Å²) in [4.78, 5) is 2.49. The quantitative estimate of drug-likeness (QED) is 0.162. The Labute approximate surface area is 355 Å². The lowest BCUT2D eigenvalue weighted by molar-refractivity contribution is 0.660. The standard InChI is InChI=1S/C58H41NS/c1-57(2)51-22-12-9-19-45(51)47-32-29-44(37-54(47)57)59(43-31-34-56-50(36-43)48-21-11-14-24-55(48)60-56)42-30-33-53-49(35-42)46-20-10-13-23-52(46)58(53,40-17-7-4-8-18-40)41-27-25-39(26-28-41)38-15-5-3-6-16-38/h3-37H,1-2H3. The molecule has 0 bridgehead atoms. The average molecular weight is 784 g/mol. The molecule has 10 aromatic rings. The number of hydrogen-bond donors (Lipinski definition) is 0. The van der Waals surface area contributed by atoms with Crippen molar-refractivity contribution >= 4 is 48.6 Å². The number of anilines is 3. The number of fused-ring (bicyclic) bond motifs is 9. The van der Waals surface area contributed by atoms with Crippen molar-refractivity contribution in [3.8, 4) is 33.4 Å². The van der Waals surface area contributed by atoms with Crippen molar-refractivity contribution in [1.82, 2.24) is 0 Å². The summed E-state index contributed by atoms with van der Waals surface area (Å²) in [6, 6.07) is 79.3. The van der Waals surface area contributed by atoms with Gasteiger partial charge in [-0.3, -0.25) is 0 Å². The molecule has 9 aromatic carbocycles. The lowest BCUT2D eigenvalue weighted by Crippen LogP contribution is -2.28. The van der Waals surface area contributed by atoms with E-state index in [0.29, 0.717) is 0 Å². The van der Waals surface area contributed by atoms with Gasteiger partial charge in [0.05, 0.1) is 5.41 Å². The van der Waals surface area contributed by atoms with Crippen molar-refractivity contribution in [2.24, 2.45) is 0 Å². The first-order chi connectivity index (χ1) is 29.5. The fourth-order valence-electron chi connectivity index (χ4n) is 10.6. The molecule has 1 nitrogen and oxygen atoms in total. The van der Waals surface area contributed by atoms with Crippen LogP contribution in [0.1, 0.15) is 47.2 Å². The highest BCUT2D eigenvalue weighted by atomic mass is 32.1. The van der Waals surface area contributed by atoms with Gasteiger partial charge in [-0.25, -0.2) is 0 Å². The summed E-state index contributed by atoms with van der Waals surface area (Å²) < 4.78 is 2.62. The van der Waals surface area contributed by atoms with Crippen LogP contribution in [0.2, 0.25) is 0 Å². The zero-order valence-corrected chi connectivity index (χ0v) is 34.4. The van der Waals surface area contributed by atoms with Crippen LogP contribution in [-0.2, 0) is 10.8 Å². The molecule has 0 fully saturated rings. The van der Waals surface area contributed by atoms with E-state index in [1.807, 2.05) is 11.3 Å². The van der Waals surface area contributed by atoms with E-state index in [-0.39, 0.29) is 5.41 Å². The van der Waals surface area contributed by atoms with Crippen molar-refractivity contribution < 1.29 is 0 Å². The third-order valence-electron chi connectivity index (χ3n) is 13.4. The maximum absolute atomic E-state index is 2.49. The van der Waals surface area contributed by atoms with Gasteiger partial charge >= 0.3 is 0 Å². The second-order valence-electron chi connectivity index (χ2n) is 16.8. The highest BCUT2D eigenvalue weighted by Gasteiger charge is 2.46. The molecular weight excluding hydrogens is 743 g/mol. The maximum Gasteiger partial charge on any atom is 0.0713 e. The molecule has 12 rings (SSSR count). The van der Waals surface area contributed by atoms with E-state index in [1.54, 1.807) is 0 Å². The van der Waals surface area contributed by atoms with Gasteiger partial charge in [-0.15, -0.1) is 11.3 Å². The minimum absolute atomic E-state index is 0.122. The van der Waals surface area contributed by atoms with Gasteiger partial charge in [0.25, 0.3) is 0 Å². The van der Waals surface area contributed by atoms with Crippen molar-refractivity contribution in [3.63, 3.8) is 0 Å². The van der Waals surface area contributed by atoms with Crippen LogP contribution in [0.15, 0.2) is 212 Å². The van der Waals surface area contributed by atoms with Gasteiger partial charge in [-0.2, -0.15) is 0 Å². The fraction of sp³-hybridized carbons (Fsp3) is 0.0690. The second-order valence-corrected chi connectivity index (χ2v) is 17.9. The molecule has 0 N–H and O–H groups in total. The van der Waals surface area contributed by atoms with Gasteiger partial charge in [0.2, 0.25) is 0 Å². The lowest BCUT2D eigenvalue weighted by Gasteiger charge is -2.34. The summed E-state index contributed by atoms with van der Waals surface area (Å²) in [6.45, 7) is 4.74. The molecule has 1 atom stereocenters. The van der Waals surface area contributed by atoms with Gasteiger partial charge in [0.15, 0.2) is 0 Å². The van der Waals surface area contributed by atoms with Crippen LogP contribution in [-0.4, -0.2) is 0 Å². The first-order valence-corrected chi connectivity index (χ1v) is 21.7. The molecule has 1 heterocycles. The van der Waals surface area contributed by atoms with Crippen LogP contribution in [0, 0.1) is 0 Å². The van der Waals surface area contributed by atoms with E-state index in [1.165, 1.54) is 86.9 Å². The highest BCUT2D eigenvalue weighted by Crippen LogP contribution is 2.58. The van der Waals surface area contributed by atoms with Crippen LogP contribution < -0.4 is 4.90 Å². The zero-order valence-electron chi connectivity index (χ0n) is 33.6. The number of rotatable bonds is 6. The molecule has 0 saturated carbocycles. The number of hydrogen-bond acceptors (Lipinski definition) is 2. The fourth-order valence-corrected chi connectivity index (χ4v) is 11.6. The topological polar surface area (TPSA) is 3.24 Å². The molecule has 60 heavy (non-hydrogen) atoms. The van der Waals surface area contributed by atoms with Crippen molar-refractivity contribution in [2.75, 3.05) is 4.90 Å². The normalized spacial score (nSPS) is 15.7. The molecule has 0 saturated heterocycles. The van der Waals surface area contributed by atoms with E-state index in [4.69, 9.17) is 0 Å². The molecule has 2 aliphatic rings. The Hall–Kier alpha value is -7.00. The van der Waals surface area contributed by atoms with Gasteiger partial charge in [-0.05, 0) is 115 Å². The van der Waals surface area contributed by atoms with E-state index >= 15 is 0 Å². The van der Waals surface area contributed by atoms with Crippen molar-refractivity contribution in [1.29, 1.82) is 0 Å². The maximum atomic E-state index is 2.49. The Morgan fingerprint density at radius 3 is 1.68 bits per heavy atom. The molecular formula is C58H41NS. The molecule has 0 aliphatic heterocycles. The summed E-state index contributed by atoms with van der Waals surface area (Å²) in [5.74, 6) is 0. The van der Waals surface area contributed by atoms with E-state index in [9.17, 15) is 0 Å². The molecule has 1 aromatic heterocycles. The molecule has 0 amide bonds. The SMILES string of the molecule is CC1(C)c2ccccc2-c2ccc(N(c3ccc4c(c3)-c3ccccc3C4(c3ccccc3)c3ccc(-c4ccccc4)cc3)c3ccc4sc5ccccc5c4c3)cc21. The Bertz CT molecular complexity index is 3280. The Kier molecular flexibility index (Phi) is 7.73. The van der Waals surface area contributed by atoms with Crippen LogP contribution in [0.4, 0.5) is 17.1 Å². The summed E-state index contributed by atoms with van der Waals surface area (Å²) in [5.41, 5.74) is 18.4. The number of nitrogens with zero attached hydrogens (tertiary/aromatic N) is 1. The third-order valence-corrected chi connectivity index (χ3v) is 14.5. The molecule has 2 heteroatoms. The lowest BCUT2D eigenvalue weighted by atomic mass is 9.67. The summed E-state index contributed by atoms with van der Waals surface area (Å²) >= 11 is 1.87. The Morgan fingerprint density at radius 2 is 0.883 bits per heavy atom. The molecule has 284 valence electrons. The largest absolute Gasteiger partial charge is 0.310 e. The Morgan fingerprint density at radius 1 is 0.350 bits per heavy atom. The predicted octanol–water partition coefficient (Wildman–Crippen LogP) is 15.9. The van der Waals surface area contributed by atoms with Gasteiger partial charge in [-0.1, -0.05) is 178 Å². The van der Waals surface area contributed by atoms with Gasteiger partial charge in [0.1, 0.15) is 0 Å². The zero-order chi connectivity index (χ0) is 40.0. The highest BCUT2D eigenvalue weighted by molar-refractivity contribution is 7.25. The first kappa shape index (κ1) is 35.0. The molecule has 1 unspecified atom stereocenters. The first-order valence-electron chi connectivity index (χ1n) is 20.9. The number of benzene rings is 9. The van der Waals surface area contributed by atoms with Gasteiger partial charge in [0, 0.05) is 42.6 Å². The van der Waals surface area contributed by atoms with E-state index in [0.717, 1.165) is 17.1 Å². The van der Waals surface area contributed by atoms with E-state index < -0.39 is 5.41 Å². The molecule has 2 aliphatic carbocycles. The van der Waals surface area contributed by atoms with Crippen LogP contribution >= 0.6 is 11.3 Å². The molecule has 0 radical (unpaired) electrons. The second kappa shape index (κ2) is 13.3. The van der Waals surface area contributed by atoms with Crippen molar-refractivity contribution in [2.45, 2.75) is 24.7 Å². The third kappa shape index (κ3) is 5.04. The van der Waals surface area contributed by atoms with Crippen LogP contribution in [0.5, 0.6) is 0 Å². The van der Waals surface area contributed by atoms with Crippen LogP contribution in [0.3, 0.4) is 0 Å². The minimum Gasteiger partial charge on any atom is -0.310 e. The summed E-state index contributed by atoms with van der Waals surface area (Å²) in [7, 11) is 0. The summed E-state index contributed by atoms with van der Waals surface area (Å²) in [6.07, 6.45) is 0. The van der Waals surface area contributed by atoms with Gasteiger partial charge < -0.3 is 4.90 Å².